The van der Waals surface area contributed by atoms with E-state index in [2.05, 4.69) is 26.8 Å². The average molecular weight is 286 g/mol. The Kier molecular flexibility index (Phi) is 2.99. The summed E-state index contributed by atoms with van der Waals surface area (Å²) in [6.07, 6.45) is 9.38. The highest BCUT2D eigenvalue weighted by Gasteiger charge is 2.35. The zero-order chi connectivity index (χ0) is 14.4. The van der Waals surface area contributed by atoms with Crippen LogP contribution in [0.5, 0.6) is 0 Å². The third kappa shape index (κ3) is 2.14. The summed E-state index contributed by atoms with van der Waals surface area (Å²) in [5, 5.41) is 0. The predicted molar refractivity (Wildman–Crippen MR) is 83.4 cm³/mol. The normalized spacial score (nSPS) is 27.0. The van der Waals surface area contributed by atoms with E-state index in [1.165, 1.54) is 25.8 Å². The second kappa shape index (κ2) is 4.87. The molecule has 2 N–H and O–H groups in total. The van der Waals surface area contributed by atoms with E-state index in [1.54, 1.807) is 6.20 Å². The minimum absolute atomic E-state index is 0.554. The number of aromatic nitrogens is 3. The SMILES string of the molecule is CN1CCCC2CN(c3nc(N)cn4ccnc34)CCC21. The number of likely N-dealkylation sites (tertiary alicyclic amines) is 1. The van der Waals surface area contributed by atoms with Gasteiger partial charge >= 0.3 is 0 Å². The van der Waals surface area contributed by atoms with E-state index in [4.69, 9.17) is 5.73 Å². The summed E-state index contributed by atoms with van der Waals surface area (Å²) in [6.45, 7) is 3.33. The molecule has 6 heteroatoms. The molecule has 2 unspecified atom stereocenters. The first-order chi connectivity index (χ1) is 10.2. The largest absolute Gasteiger partial charge is 0.382 e. The van der Waals surface area contributed by atoms with Gasteiger partial charge in [-0.05, 0) is 38.8 Å². The van der Waals surface area contributed by atoms with Crippen LogP contribution in [-0.2, 0) is 0 Å². The highest BCUT2D eigenvalue weighted by atomic mass is 15.3. The Bertz CT molecular complexity index is 651. The Morgan fingerprint density at radius 1 is 1.29 bits per heavy atom. The van der Waals surface area contributed by atoms with Crippen molar-refractivity contribution in [3.05, 3.63) is 18.6 Å². The van der Waals surface area contributed by atoms with Gasteiger partial charge in [0.25, 0.3) is 0 Å². The van der Waals surface area contributed by atoms with Gasteiger partial charge in [0, 0.05) is 31.5 Å². The van der Waals surface area contributed by atoms with E-state index in [0.717, 1.165) is 36.5 Å². The van der Waals surface area contributed by atoms with Crippen LogP contribution in [0.4, 0.5) is 11.6 Å². The quantitative estimate of drug-likeness (QED) is 0.854. The van der Waals surface area contributed by atoms with Gasteiger partial charge in [-0.15, -0.1) is 0 Å². The maximum Gasteiger partial charge on any atom is 0.180 e. The summed E-state index contributed by atoms with van der Waals surface area (Å²) in [7, 11) is 2.26. The summed E-state index contributed by atoms with van der Waals surface area (Å²) < 4.78 is 1.97. The van der Waals surface area contributed by atoms with E-state index in [-0.39, 0.29) is 0 Å². The van der Waals surface area contributed by atoms with E-state index in [0.29, 0.717) is 5.82 Å². The highest BCUT2D eigenvalue weighted by molar-refractivity contribution is 5.66. The lowest BCUT2D eigenvalue weighted by Gasteiger charge is -2.46. The van der Waals surface area contributed by atoms with Crippen molar-refractivity contribution in [3.8, 4) is 0 Å². The first-order valence-electron chi connectivity index (χ1n) is 7.77. The molecular formula is C15H22N6. The number of fused-ring (bicyclic) bond motifs is 2. The molecule has 0 aromatic carbocycles. The Labute approximate surface area is 124 Å². The monoisotopic (exact) mass is 286 g/mol. The number of rotatable bonds is 1. The van der Waals surface area contributed by atoms with Crippen molar-refractivity contribution in [2.45, 2.75) is 25.3 Å². The average Bonchev–Trinajstić information content (AvgIpc) is 2.94. The summed E-state index contributed by atoms with van der Waals surface area (Å²) >= 11 is 0. The molecule has 2 aliphatic rings. The van der Waals surface area contributed by atoms with Crippen molar-refractivity contribution in [2.24, 2.45) is 5.92 Å². The number of nitrogens with two attached hydrogens (primary N) is 1. The van der Waals surface area contributed by atoms with Crippen LogP contribution in [0.15, 0.2) is 18.6 Å². The molecular weight excluding hydrogens is 264 g/mol. The number of piperidine rings is 2. The van der Waals surface area contributed by atoms with Crippen molar-refractivity contribution in [1.82, 2.24) is 19.3 Å². The van der Waals surface area contributed by atoms with Gasteiger partial charge in [-0.25, -0.2) is 9.97 Å². The Morgan fingerprint density at radius 3 is 3.10 bits per heavy atom. The first-order valence-corrected chi connectivity index (χ1v) is 7.77. The third-order valence-corrected chi connectivity index (χ3v) is 5.02. The maximum atomic E-state index is 5.95. The van der Waals surface area contributed by atoms with Crippen LogP contribution in [0.3, 0.4) is 0 Å². The van der Waals surface area contributed by atoms with Crippen LogP contribution in [0.2, 0.25) is 0 Å². The number of nitrogens with zero attached hydrogens (tertiary/aromatic N) is 5. The second-order valence-corrected chi connectivity index (χ2v) is 6.33. The molecule has 4 rings (SSSR count). The predicted octanol–water partition coefficient (Wildman–Crippen LogP) is 1.23. The lowest BCUT2D eigenvalue weighted by molar-refractivity contribution is 0.102. The van der Waals surface area contributed by atoms with Crippen LogP contribution in [-0.4, -0.2) is 52.0 Å². The molecule has 2 saturated heterocycles. The number of imidazole rings is 1. The van der Waals surface area contributed by atoms with Crippen molar-refractivity contribution in [1.29, 1.82) is 0 Å². The molecule has 2 aliphatic heterocycles. The van der Waals surface area contributed by atoms with Gasteiger partial charge in [-0.1, -0.05) is 0 Å². The van der Waals surface area contributed by atoms with Crippen molar-refractivity contribution in [2.75, 3.05) is 37.3 Å². The van der Waals surface area contributed by atoms with E-state index >= 15 is 0 Å². The molecule has 2 aromatic rings. The highest BCUT2D eigenvalue weighted by Crippen LogP contribution is 2.32. The summed E-state index contributed by atoms with van der Waals surface area (Å²) in [4.78, 5) is 13.9. The minimum Gasteiger partial charge on any atom is -0.382 e. The van der Waals surface area contributed by atoms with Crippen molar-refractivity contribution < 1.29 is 0 Å². The van der Waals surface area contributed by atoms with Gasteiger partial charge in [0.1, 0.15) is 5.82 Å². The number of anilines is 2. The van der Waals surface area contributed by atoms with Gasteiger partial charge in [0.05, 0.1) is 6.20 Å². The molecule has 0 bridgehead atoms. The fourth-order valence-electron chi connectivity index (χ4n) is 3.99. The molecule has 6 nitrogen and oxygen atoms in total. The summed E-state index contributed by atoms with van der Waals surface area (Å²) in [6, 6.07) is 0.729. The fourth-order valence-corrected chi connectivity index (χ4v) is 3.99. The molecule has 2 fully saturated rings. The van der Waals surface area contributed by atoms with Crippen LogP contribution >= 0.6 is 0 Å². The summed E-state index contributed by atoms with van der Waals surface area (Å²) in [5.41, 5.74) is 6.86. The molecule has 0 aliphatic carbocycles. The van der Waals surface area contributed by atoms with Gasteiger partial charge in [0.2, 0.25) is 0 Å². The van der Waals surface area contributed by atoms with E-state index < -0.39 is 0 Å². The van der Waals surface area contributed by atoms with Crippen molar-refractivity contribution >= 4 is 17.3 Å². The van der Waals surface area contributed by atoms with Gasteiger partial charge in [-0.3, -0.25) is 0 Å². The lowest BCUT2D eigenvalue weighted by Crippen LogP contribution is -2.53. The Morgan fingerprint density at radius 2 is 2.19 bits per heavy atom. The lowest BCUT2D eigenvalue weighted by atomic mass is 9.84. The topological polar surface area (TPSA) is 62.7 Å². The molecule has 2 aromatic heterocycles. The van der Waals surface area contributed by atoms with Gasteiger partial charge in [0.15, 0.2) is 11.5 Å². The van der Waals surface area contributed by atoms with Gasteiger partial charge < -0.3 is 19.9 Å². The van der Waals surface area contributed by atoms with Crippen LogP contribution < -0.4 is 10.6 Å². The standard InChI is InChI=1S/C15H22N6/c1-19-6-2-3-11-9-20(7-4-12(11)19)15-14-17-5-8-21(14)10-13(16)18-15/h5,8,10-12H,2-4,6-7,9,16H2,1H3. The van der Waals surface area contributed by atoms with Crippen LogP contribution in [0.1, 0.15) is 19.3 Å². The smallest absolute Gasteiger partial charge is 0.180 e. The maximum absolute atomic E-state index is 5.95. The number of hydrogen-bond acceptors (Lipinski definition) is 5. The zero-order valence-electron chi connectivity index (χ0n) is 12.4. The molecule has 2 atom stereocenters. The summed E-state index contributed by atoms with van der Waals surface area (Å²) in [5.74, 6) is 2.22. The Balaban J connectivity index is 1.66. The van der Waals surface area contributed by atoms with Crippen LogP contribution in [0.25, 0.3) is 5.65 Å². The molecule has 4 heterocycles. The third-order valence-electron chi connectivity index (χ3n) is 5.02. The van der Waals surface area contributed by atoms with E-state index in [9.17, 15) is 0 Å². The molecule has 0 radical (unpaired) electrons. The van der Waals surface area contributed by atoms with Crippen molar-refractivity contribution in [3.63, 3.8) is 0 Å². The molecule has 0 saturated carbocycles. The first kappa shape index (κ1) is 12.9. The van der Waals surface area contributed by atoms with E-state index in [1.807, 2.05) is 16.8 Å². The fraction of sp³-hybridized carbons (Fsp3) is 0.600. The van der Waals surface area contributed by atoms with Gasteiger partial charge in [-0.2, -0.15) is 0 Å². The molecule has 112 valence electrons. The second-order valence-electron chi connectivity index (χ2n) is 6.33. The molecule has 21 heavy (non-hydrogen) atoms. The minimum atomic E-state index is 0.554. The number of nitrogen functional groups attached to an aromatic ring is 1. The molecule has 0 spiro atoms. The number of hydrogen-bond donors (Lipinski definition) is 1. The molecule has 0 amide bonds. The van der Waals surface area contributed by atoms with Crippen LogP contribution in [0, 0.1) is 5.92 Å². The Hall–Kier alpha value is -1.82. The zero-order valence-corrected chi connectivity index (χ0v) is 12.4.